The molecule has 0 fully saturated rings. The van der Waals surface area contributed by atoms with Crippen LogP contribution in [-0.4, -0.2) is 19.8 Å². The van der Waals surface area contributed by atoms with Crippen LogP contribution < -0.4 is 10.5 Å². The molecule has 0 aliphatic carbocycles. The Morgan fingerprint density at radius 1 is 1.47 bits per heavy atom. The average molecular weight is 276 g/mol. The van der Waals surface area contributed by atoms with E-state index in [1.165, 1.54) is 0 Å². The van der Waals surface area contributed by atoms with Crippen molar-refractivity contribution in [3.8, 4) is 11.6 Å². The molecule has 0 saturated heterocycles. The van der Waals surface area contributed by atoms with Gasteiger partial charge >= 0.3 is 0 Å². The lowest BCUT2D eigenvalue weighted by atomic mass is 10.2. The first-order valence-corrected chi connectivity index (χ1v) is 6.48. The maximum Gasteiger partial charge on any atom is 0.220 e. The maximum atomic E-state index is 5.67. The highest BCUT2D eigenvalue weighted by Crippen LogP contribution is 2.20. The largest absolute Gasteiger partial charge is 0.436 e. The van der Waals surface area contributed by atoms with Crippen LogP contribution in [0.5, 0.6) is 11.6 Å². The van der Waals surface area contributed by atoms with Gasteiger partial charge in [-0.1, -0.05) is 19.1 Å². The minimum Gasteiger partial charge on any atom is -0.436 e. The van der Waals surface area contributed by atoms with Gasteiger partial charge in [-0.05, 0) is 19.4 Å². The first kappa shape index (κ1) is 13.5. The Morgan fingerprint density at radius 2 is 2.26 bits per heavy atom. The van der Waals surface area contributed by atoms with Crippen LogP contribution in [0.2, 0.25) is 0 Å². The van der Waals surface area contributed by atoms with Gasteiger partial charge in [-0.15, -0.1) is 0 Å². The fourth-order valence-corrected chi connectivity index (χ4v) is 1.82. The highest BCUT2D eigenvalue weighted by molar-refractivity contribution is 7.80. The van der Waals surface area contributed by atoms with Gasteiger partial charge in [0.05, 0.1) is 12.4 Å². The van der Waals surface area contributed by atoms with E-state index in [0.717, 1.165) is 24.2 Å². The van der Waals surface area contributed by atoms with E-state index in [1.54, 1.807) is 12.3 Å². The SMILES string of the molecule is CCCn1cc(Oc2cc(C(N)=S)cc(C)n2)cn1. The second-order valence-electron chi connectivity index (χ2n) is 4.24. The average Bonchev–Trinajstić information content (AvgIpc) is 2.76. The fourth-order valence-electron chi connectivity index (χ4n) is 1.70. The lowest BCUT2D eigenvalue weighted by molar-refractivity contribution is 0.460. The van der Waals surface area contributed by atoms with Crippen molar-refractivity contribution < 1.29 is 4.74 Å². The molecule has 0 unspecified atom stereocenters. The minimum absolute atomic E-state index is 0.331. The number of hydrogen-bond donors (Lipinski definition) is 1. The van der Waals surface area contributed by atoms with Gasteiger partial charge in [0.15, 0.2) is 5.75 Å². The molecule has 2 aromatic rings. The number of pyridine rings is 1. The molecule has 0 atom stereocenters. The lowest BCUT2D eigenvalue weighted by Crippen LogP contribution is -2.10. The summed E-state index contributed by atoms with van der Waals surface area (Å²) < 4.78 is 7.50. The molecule has 19 heavy (non-hydrogen) atoms. The molecule has 0 radical (unpaired) electrons. The van der Waals surface area contributed by atoms with Crippen LogP contribution in [0.3, 0.4) is 0 Å². The third kappa shape index (κ3) is 3.51. The van der Waals surface area contributed by atoms with Gasteiger partial charge in [0, 0.05) is 23.9 Å². The molecule has 0 aliphatic heterocycles. The predicted octanol–water partition coefficient (Wildman–Crippen LogP) is 2.42. The molecule has 2 N–H and O–H groups in total. The summed E-state index contributed by atoms with van der Waals surface area (Å²) in [5.41, 5.74) is 7.18. The molecule has 0 saturated carbocycles. The van der Waals surface area contributed by atoms with E-state index < -0.39 is 0 Å². The Labute approximate surface area is 117 Å². The number of aryl methyl sites for hydroxylation is 2. The number of ether oxygens (including phenoxy) is 1. The summed E-state index contributed by atoms with van der Waals surface area (Å²) in [6.45, 7) is 4.83. The molecule has 0 aromatic carbocycles. The summed E-state index contributed by atoms with van der Waals surface area (Å²) in [4.78, 5) is 4.62. The van der Waals surface area contributed by atoms with E-state index >= 15 is 0 Å². The predicted molar refractivity (Wildman–Crippen MR) is 77.5 cm³/mol. The Bertz CT molecular complexity index is 594. The van der Waals surface area contributed by atoms with Crippen LogP contribution in [0.15, 0.2) is 24.5 Å². The minimum atomic E-state index is 0.331. The number of nitrogens with two attached hydrogens (primary N) is 1. The first-order valence-electron chi connectivity index (χ1n) is 6.07. The molecule has 6 heteroatoms. The van der Waals surface area contributed by atoms with E-state index in [-0.39, 0.29) is 0 Å². The number of thiocarbonyl (C=S) groups is 1. The third-order valence-corrected chi connectivity index (χ3v) is 2.73. The molecule has 2 rings (SSSR count). The van der Waals surface area contributed by atoms with E-state index in [2.05, 4.69) is 17.0 Å². The molecule has 0 spiro atoms. The van der Waals surface area contributed by atoms with Gasteiger partial charge in [-0.3, -0.25) is 4.68 Å². The first-order chi connectivity index (χ1) is 9.08. The summed E-state index contributed by atoms with van der Waals surface area (Å²) in [5.74, 6) is 1.12. The summed E-state index contributed by atoms with van der Waals surface area (Å²) in [7, 11) is 0. The van der Waals surface area contributed by atoms with Crippen LogP contribution in [-0.2, 0) is 6.54 Å². The molecular formula is C13H16N4OS. The van der Waals surface area contributed by atoms with Gasteiger partial charge in [0.25, 0.3) is 0 Å². The van der Waals surface area contributed by atoms with Crippen LogP contribution in [0.1, 0.15) is 24.6 Å². The van der Waals surface area contributed by atoms with Gasteiger partial charge in [-0.2, -0.15) is 5.10 Å². The Hall–Kier alpha value is -1.95. The molecule has 100 valence electrons. The second kappa shape index (κ2) is 5.79. The van der Waals surface area contributed by atoms with Crippen LogP contribution in [0.25, 0.3) is 0 Å². The molecule has 2 aromatic heterocycles. The van der Waals surface area contributed by atoms with Gasteiger partial charge in [-0.25, -0.2) is 4.98 Å². The van der Waals surface area contributed by atoms with Crippen molar-refractivity contribution in [2.45, 2.75) is 26.8 Å². The van der Waals surface area contributed by atoms with Crippen molar-refractivity contribution in [2.24, 2.45) is 5.73 Å². The molecular weight excluding hydrogens is 260 g/mol. The number of nitrogens with zero attached hydrogens (tertiary/aromatic N) is 3. The smallest absolute Gasteiger partial charge is 0.220 e. The highest BCUT2D eigenvalue weighted by Gasteiger charge is 2.06. The Balaban J connectivity index is 2.19. The second-order valence-corrected chi connectivity index (χ2v) is 4.68. The zero-order chi connectivity index (χ0) is 13.8. The van der Waals surface area contributed by atoms with Gasteiger partial charge < -0.3 is 10.5 Å². The number of hydrogen-bond acceptors (Lipinski definition) is 4. The maximum absolute atomic E-state index is 5.67. The van der Waals surface area contributed by atoms with E-state index in [4.69, 9.17) is 22.7 Å². The van der Waals surface area contributed by atoms with Crippen molar-refractivity contribution >= 4 is 17.2 Å². The number of rotatable bonds is 5. The quantitative estimate of drug-likeness (QED) is 0.850. The van der Waals surface area contributed by atoms with Gasteiger partial charge in [0.2, 0.25) is 5.88 Å². The van der Waals surface area contributed by atoms with E-state index in [0.29, 0.717) is 16.6 Å². The van der Waals surface area contributed by atoms with Crippen molar-refractivity contribution in [3.05, 3.63) is 35.8 Å². The van der Waals surface area contributed by atoms with Crippen LogP contribution in [0.4, 0.5) is 0 Å². The van der Waals surface area contributed by atoms with E-state index in [9.17, 15) is 0 Å². The zero-order valence-corrected chi connectivity index (χ0v) is 11.8. The van der Waals surface area contributed by atoms with Crippen molar-refractivity contribution in [2.75, 3.05) is 0 Å². The summed E-state index contributed by atoms with van der Waals surface area (Å²) in [6.07, 6.45) is 4.53. The normalized spacial score (nSPS) is 10.4. The molecule has 5 nitrogen and oxygen atoms in total. The van der Waals surface area contributed by atoms with Crippen molar-refractivity contribution in [1.29, 1.82) is 0 Å². The Morgan fingerprint density at radius 3 is 2.95 bits per heavy atom. The van der Waals surface area contributed by atoms with Crippen molar-refractivity contribution in [1.82, 2.24) is 14.8 Å². The topological polar surface area (TPSA) is 66.0 Å². The van der Waals surface area contributed by atoms with Crippen LogP contribution in [0, 0.1) is 6.92 Å². The van der Waals surface area contributed by atoms with Crippen LogP contribution >= 0.6 is 12.2 Å². The molecule has 0 aliphatic rings. The molecule has 0 bridgehead atoms. The van der Waals surface area contributed by atoms with Gasteiger partial charge in [0.1, 0.15) is 4.99 Å². The number of aromatic nitrogens is 3. The fraction of sp³-hybridized carbons (Fsp3) is 0.308. The lowest BCUT2D eigenvalue weighted by Gasteiger charge is -2.05. The molecule has 0 amide bonds. The monoisotopic (exact) mass is 276 g/mol. The Kier molecular flexibility index (Phi) is 4.11. The highest BCUT2D eigenvalue weighted by atomic mass is 32.1. The summed E-state index contributed by atoms with van der Waals surface area (Å²) in [5, 5.41) is 4.20. The molecule has 2 heterocycles. The third-order valence-electron chi connectivity index (χ3n) is 2.50. The van der Waals surface area contributed by atoms with Crippen molar-refractivity contribution in [3.63, 3.8) is 0 Å². The summed E-state index contributed by atoms with van der Waals surface area (Å²) in [6, 6.07) is 3.56. The standard InChI is InChI=1S/C13H16N4OS/c1-3-4-17-8-11(7-15-17)18-12-6-10(13(14)19)5-9(2)16-12/h5-8H,3-4H2,1-2H3,(H2,14,19). The van der Waals surface area contributed by atoms with E-state index in [1.807, 2.05) is 23.9 Å². The summed E-state index contributed by atoms with van der Waals surface area (Å²) >= 11 is 4.96. The zero-order valence-electron chi connectivity index (χ0n) is 11.0.